The standard InChI is InChI=1S/C16H24N2O2S.ClH/c1-16(7-9-17-10-8-16)12-18-15(19)11-21-14-5-3-13(20-2)4-6-14;/h3-6,17H,7-12H2,1-2H3,(H,18,19);1H. The fourth-order valence-corrected chi connectivity index (χ4v) is 3.12. The van der Waals surface area contributed by atoms with Crippen molar-refractivity contribution in [2.24, 2.45) is 5.41 Å². The van der Waals surface area contributed by atoms with E-state index in [-0.39, 0.29) is 23.7 Å². The number of benzene rings is 1. The minimum absolute atomic E-state index is 0. The van der Waals surface area contributed by atoms with Gasteiger partial charge in [-0.05, 0) is 55.6 Å². The number of halogens is 1. The summed E-state index contributed by atoms with van der Waals surface area (Å²) in [5.74, 6) is 1.40. The minimum atomic E-state index is 0. The fourth-order valence-electron chi connectivity index (χ4n) is 2.39. The number of rotatable bonds is 6. The molecule has 1 aromatic rings. The van der Waals surface area contributed by atoms with Crippen LogP contribution in [-0.2, 0) is 4.79 Å². The lowest BCUT2D eigenvalue weighted by atomic mass is 9.81. The smallest absolute Gasteiger partial charge is 0.230 e. The van der Waals surface area contributed by atoms with Crippen molar-refractivity contribution < 1.29 is 9.53 Å². The van der Waals surface area contributed by atoms with Crippen molar-refractivity contribution in [3.05, 3.63) is 24.3 Å². The second-order valence-corrected chi connectivity index (χ2v) is 6.85. The molecule has 2 rings (SSSR count). The van der Waals surface area contributed by atoms with Crippen molar-refractivity contribution in [2.75, 3.05) is 32.5 Å². The van der Waals surface area contributed by atoms with Crippen molar-refractivity contribution in [3.8, 4) is 5.75 Å². The van der Waals surface area contributed by atoms with Crippen molar-refractivity contribution in [3.63, 3.8) is 0 Å². The molecule has 1 aromatic carbocycles. The summed E-state index contributed by atoms with van der Waals surface area (Å²) in [6.07, 6.45) is 2.25. The zero-order valence-corrected chi connectivity index (χ0v) is 14.8. The van der Waals surface area contributed by atoms with Crippen LogP contribution in [0.4, 0.5) is 0 Å². The topological polar surface area (TPSA) is 50.4 Å². The SMILES string of the molecule is COc1ccc(SCC(=O)NCC2(C)CCNCC2)cc1.Cl. The van der Waals surface area contributed by atoms with Crippen LogP contribution in [0.3, 0.4) is 0 Å². The molecule has 1 fully saturated rings. The van der Waals surface area contributed by atoms with E-state index in [2.05, 4.69) is 17.6 Å². The first-order valence-corrected chi connectivity index (χ1v) is 8.34. The number of amides is 1. The highest BCUT2D eigenvalue weighted by molar-refractivity contribution is 8.00. The Kier molecular flexibility index (Phi) is 8.07. The van der Waals surface area contributed by atoms with E-state index < -0.39 is 0 Å². The van der Waals surface area contributed by atoms with Crippen molar-refractivity contribution in [1.29, 1.82) is 0 Å². The van der Waals surface area contributed by atoms with Gasteiger partial charge in [-0.15, -0.1) is 24.2 Å². The summed E-state index contributed by atoms with van der Waals surface area (Å²) in [5, 5.41) is 6.43. The molecule has 1 aliphatic rings. The highest BCUT2D eigenvalue weighted by Crippen LogP contribution is 2.27. The number of ether oxygens (including phenoxy) is 1. The molecule has 124 valence electrons. The zero-order chi connectivity index (χ0) is 15.1. The van der Waals surface area contributed by atoms with Gasteiger partial charge in [0, 0.05) is 11.4 Å². The Morgan fingerprint density at radius 1 is 1.32 bits per heavy atom. The Labute approximate surface area is 143 Å². The summed E-state index contributed by atoms with van der Waals surface area (Å²) < 4.78 is 5.12. The third-order valence-electron chi connectivity index (χ3n) is 3.95. The summed E-state index contributed by atoms with van der Waals surface area (Å²) in [5.41, 5.74) is 0.242. The highest BCUT2D eigenvalue weighted by atomic mass is 35.5. The molecule has 22 heavy (non-hydrogen) atoms. The van der Waals surface area contributed by atoms with Crippen LogP contribution < -0.4 is 15.4 Å². The largest absolute Gasteiger partial charge is 0.497 e. The van der Waals surface area contributed by atoms with Gasteiger partial charge in [-0.2, -0.15) is 0 Å². The van der Waals surface area contributed by atoms with Crippen molar-refractivity contribution in [2.45, 2.75) is 24.7 Å². The first-order valence-electron chi connectivity index (χ1n) is 7.36. The molecule has 1 aliphatic heterocycles. The van der Waals surface area contributed by atoms with E-state index in [4.69, 9.17) is 4.74 Å². The first kappa shape index (κ1) is 19.1. The fraction of sp³-hybridized carbons (Fsp3) is 0.562. The molecule has 0 bridgehead atoms. The average molecular weight is 345 g/mol. The van der Waals surface area contributed by atoms with Crippen LogP contribution in [-0.4, -0.2) is 38.4 Å². The summed E-state index contributed by atoms with van der Waals surface area (Å²) in [6, 6.07) is 7.78. The molecule has 0 atom stereocenters. The molecular formula is C16H25ClN2O2S. The molecule has 2 N–H and O–H groups in total. The van der Waals surface area contributed by atoms with E-state index in [0.717, 1.165) is 43.1 Å². The predicted molar refractivity (Wildman–Crippen MR) is 94.2 cm³/mol. The van der Waals surface area contributed by atoms with Crippen LogP contribution >= 0.6 is 24.2 Å². The van der Waals surface area contributed by atoms with Crippen LogP contribution in [0.5, 0.6) is 5.75 Å². The van der Waals surface area contributed by atoms with Gasteiger partial charge in [0.25, 0.3) is 0 Å². The molecule has 0 unspecified atom stereocenters. The van der Waals surface area contributed by atoms with E-state index in [9.17, 15) is 4.79 Å². The lowest BCUT2D eigenvalue weighted by Crippen LogP contribution is -2.43. The summed E-state index contributed by atoms with van der Waals surface area (Å²) in [7, 11) is 1.65. The van der Waals surface area contributed by atoms with Gasteiger partial charge in [0.2, 0.25) is 5.91 Å². The number of carbonyl (C=O) groups is 1. The average Bonchev–Trinajstić information content (AvgIpc) is 2.52. The minimum Gasteiger partial charge on any atom is -0.497 e. The summed E-state index contributed by atoms with van der Waals surface area (Å²) in [4.78, 5) is 13.0. The van der Waals surface area contributed by atoms with Gasteiger partial charge in [-0.1, -0.05) is 6.92 Å². The number of carbonyl (C=O) groups excluding carboxylic acids is 1. The number of piperidine rings is 1. The number of hydrogen-bond donors (Lipinski definition) is 2. The van der Waals surface area contributed by atoms with Crippen molar-refractivity contribution >= 4 is 30.1 Å². The number of thioether (sulfide) groups is 1. The lowest BCUT2D eigenvalue weighted by Gasteiger charge is -2.34. The van der Waals surface area contributed by atoms with Crippen LogP contribution in [0.15, 0.2) is 29.2 Å². The number of hydrogen-bond acceptors (Lipinski definition) is 4. The van der Waals surface area contributed by atoms with Gasteiger partial charge in [-0.25, -0.2) is 0 Å². The summed E-state index contributed by atoms with van der Waals surface area (Å²) in [6.45, 7) is 5.13. The van der Waals surface area contributed by atoms with E-state index in [1.54, 1.807) is 18.9 Å². The highest BCUT2D eigenvalue weighted by Gasteiger charge is 2.26. The molecule has 0 saturated carbocycles. The second kappa shape index (κ2) is 9.28. The Morgan fingerprint density at radius 3 is 2.55 bits per heavy atom. The molecule has 4 nitrogen and oxygen atoms in total. The molecule has 1 heterocycles. The third kappa shape index (κ3) is 6.07. The maximum absolute atomic E-state index is 12.0. The second-order valence-electron chi connectivity index (χ2n) is 5.80. The van der Waals surface area contributed by atoms with E-state index >= 15 is 0 Å². The van der Waals surface area contributed by atoms with Crippen LogP contribution in [0.2, 0.25) is 0 Å². The third-order valence-corrected chi connectivity index (χ3v) is 4.96. The molecular weight excluding hydrogens is 320 g/mol. The maximum Gasteiger partial charge on any atom is 0.230 e. The zero-order valence-electron chi connectivity index (χ0n) is 13.2. The van der Waals surface area contributed by atoms with Crippen LogP contribution in [0.25, 0.3) is 0 Å². The molecule has 0 spiro atoms. The quantitative estimate of drug-likeness (QED) is 0.779. The van der Waals surface area contributed by atoms with Gasteiger partial charge in [0.1, 0.15) is 5.75 Å². The molecule has 0 aliphatic carbocycles. The molecule has 1 saturated heterocycles. The van der Waals surface area contributed by atoms with Gasteiger partial charge in [0.15, 0.2) is 0 Å². The van der Waals surface area contributed by atoms with E-state index in [1.807, 2.05) is 24.3 Å². The Morgan fingerprint density at radius 2 is 1.95 bits per heavy atom. The maximum atomic E-state index is 12.0. The van der Waals surface area contributed by atoms with Crippen LogP contribution in [0.1, 0.15) is 19.8 Å². The van der Waals surface area contributed by atoms with Crippen molar-refractivity contribution in [1.82, 2.24) is 10.6 Å². The van der Waals surface area contributed by atoms with Gasteiger partial charge in [-0.3, -0.25) is 4.79 Å². The molecule has 0 aromatic heterocycles. The van der Waals surface area contributed by atoms with E-state index in [0.29, 0.717) is 5.75 Å². The lowest BCUT2D eigenvalue weighted by molar-refractivity contribution is -0.119. The molecule has 0 radical (unpaired) electrons. The monoisotopic (exact) mass is 344 g/mol. The Bertz CT molecular complexity index is 462. The molecule has 6 heteroatoms. The van der Waals surface area contributed by atoms with E-state index in [1.165, 1.54) is 0 Å². The first-order chi connectivity index (χ1) is 10.1. The predicted octanol–water partition coefficient (Wildman–Crippen LogP) is 2.72. The number of nitrogens with one attached hydrogen (secondary N) is 2. The van der Waals surface area contributed by atoms with Crippen LogP contribution in [0, 0.1) is 5.41 Å². The Balaban J connectivity index is 0.00000242. The normalized spacial score (nSPS) is 16.5. The molecule has 1 amide bonds. The number of methoxy groups -OCH3 is 1. The van der Waals surface area contributed by atoms with Gasteiger partial charge >= 0.3 is 0 Å². The van der Waals surface area contributed by atoms with Gasteiger partial charge < -0.3 is 15.4 Å². The summed E-state index contributed by atoms with van der Waals surface area (Å²) >= 11 is 1.55. The van der Waals surface area contributed by atoms with Gasteiger partial charge in [0.05, 0.1) is 12.9 Å². The Hall–Kier alpha value is -0.910.